The summed E-state index contributed by atoms with van der Waals surface area (Å²) < 4.78 is 0. The summed E-state index contributed by atoms with van der Waals surface area (Å²) >= 11 is 0. The Morgan fingerprint density at radius 2 is 2.27 bits per heavy atom. The van der Waals surface area contributed by atoms with Gasteiger partial charge in [0, 0.05) is 18.9 Å². The molecule has 0 N–H and O–H groups in total. The van der Waals surface area contributed by atoms with E-state index in [-0.39, 0.29) is 0 Å². The molecule has 2 heteroatoms. The molecule has 0 unspecified atom stereocenters. The lowest BCUT2D eigenvalue weighted by Crippen LogP contribution is -2.44. The Balaban J connectivity index is 2.08. The van der Waals surface area contributed by atoms with Gasteiger partial charge in [-0.25, -0.2) is 0 Å². The maximum atomic E-state index is 11.2. The van der Waals surface area contributed by atoms with Crippen molar-refractivity contribution in [3.05, 3.63) is 0 Å². The molecule has 11 heavy (non-hydrogen) atoms. The molecule has 62 valence electrons. The normalized spacial score (nSPS) is 39.2. The van der Waals surface area contributed by atoms with Crippen LogP contribution < -0.4 is 0 Å². The summed E-state index contributed by atoms with van der Waals surface area (Å²) in [5.41, 5.74) is 0. The number of piperidine rings is 1. The highest BCUT2D eigenvalue weighted by Crippen LogP contribution is 2.31. The Morgan fingerprint density at radius 3 is 3.09 bits per heavy atom. The Labute approximate surface area is 67.6 Å². The highest BCUT2D eigenvalue weighted by atomic mass is 16.1. The van der Waals surface area contributed by atoms with E-state index >= 15 is 0 Å². The van der Waals surface area contributed by atoms with Gasteiger partial charge >= 0.3 is 0 Å². The van der Waals surface area contributed by atoms with Crippen molar-refractivity contribution < 1.29 is 4.79 Å². The monoisotopic (exact) mass is 153 g/mol. The summed E-state index contributed by atoms with van der Waals surface area (Å²) in [4.78, 5) is 13.5. The second-order valence-corrected chi connectivity index (χ2v) is 3.97. The van der Waals surface area contributed by atoms with Crippen LogP contribution in [-0.4, -0.2) is 30.3 Å². The van der Waals surface area contributed by atoms with Crippen LogP contribution in [0.2, 0.25) is 0 Å². The molecule has 0 aromatic carbocycles. The lowest BCUT2D eigenvalue weighted by Gasteiger charge is -2.40. The van der Waals surface area contributed by atoms with Crippen molar-refractivity contribution in [2.75, 3.05) is 13.6 Å². The molecule has 2 aliphatic rings. The second-order valence-electron chi connectivity index (χ2n) is 3.97. The maximum absolute atomic E-state index is 11.2. The van der Waals surface area contributed by atoms with Gasteiger partial charge in [0.15, 0.2) is 0 Å². The Kier molecular flexibility index (Phi) is 1.72. The lowest BCUT2D eigenvalue weighted by molar-refractivity contribution is -0.124. The average molecular weight is 153 g/mol. The number of rotatable bonds is 0. The third-order valence-corrected chi connectivity index (χ3v) is 3.10. The van der Waals surface area contributed by atoms with Crippen LogP contribution in [0.15, 0.2) is 0 Å². The molecule has 2 atom stereocenters. The molecule has 2 bridgehead atoms. The fraction of sp³-hybridized carbons (Fsp3) is 0.889. The number of likely N-dealkylation sites (tertiary alicyclic amines) is 1. The molecule has 0 aromatic heterocycles. The van der Waals surface area contributed by atoms with Crippen molar-refractivity contribution in [3.8, 4) is 0 Å². The zero-order valence-corrected chi connectivity index (χ0v) is 7.05. The van der Waals surface area contributed by atoms with Gasteiger partial charge in [-0.1, -0.05) is 0 Å². The van der Waals surface area contributed by atoms with Gasteiger partial charge in [-0.05, 0) is 32.4 Å². The first-order chi connectivity index (χ1) is 5.25. The number of hydrogen-bond donors (Lipinski definition) is 0. The largest absolute Gasteiger partial charge is 0.303 e. The number of hydrogen-bond acceptors (Lipinski definition) is 2. The molecule has 2 rings (SSSR count). The van der Waals surface area contributed by atoms with Crippen LogP contribution in [0.1, 0.15) is 25.7 Å². The third-order valence-electron chi connectivity index (χ3n) is 3.10. The van der Waals surface area contributed by atoms with Crippen molar-refractivity contribution in [2.24, 2.45) is 5.92 Å². The summed E-state index contributed by atoms with van der Waals surface area (Å²) in [6, 6.07) is 0.579. The van der Waals surface area contributed by atoms with Crippen molar-refractivity contribution in [2.45, 2.75) is 31.7 Å². The van der Waals surface area contributed by atoms with Crippen molar-refractivity contribution in [3.63, 3.8) is 0 Å². The molecule has 0 radical (unpaired) electrons. The van der Waals surface area contributed by atoms with E-state index < -0.39 is 0 Å². The van der Waals surface area contributed by atoms with Gasteiger partial charge in [0.25, 0.3) is 0 Å². The van der Waals surface area contributed by atoms with E-state index in [1.54, 1.807) is 0 Å². The number of Topliss-reactive ketones (excluding diaryl/α,β-unsaturated/α-hetero) is 1. The fourth-order valence-electron chi connectivity index (χ4n) is 2.34. The average Bonchev–Trinajstić information content (AvgIpc) is 1.97. The van der Waals surface area contributed by atoms with E-state index in [4.69, 9.17) is 0 Å². The zero-order chi connectivity index (χ0) is 7.84. The minimum absolute atomic E-state index is 0.484. The molecule has 1 aliphatic carbocycles. The van der Waals surface area contributed by atoms with Crippen LogP contribution in [0.5, 0.6) is 0 Å². The van der Waals surface area contributed by atoms with Crippen LogP contribution in [-0.2, 0) is 4.79 Å². The molecule has 1 saturated carbocycles. The molecular formula is C9H15NO. The molecule has 2 fully saturated rings. The standard InChI is InChI=1S/C9H15NO/c1-10-3-2-7-4-8(10)6-9(11)5-7/h7-8H,2-6H2,1H3/t7-,8+/m0/s1. The Hall–Kier alpha value is -0.370. The molecule has 1 heterocycles. The summed E-state index contributed by atoms with van der Waals surface area (Å²) in [6.07, 6.45) is 4.18. The number of fused-ring (bicyclic) bond motifs is 2. The van der Waals surface area contributed by atoms with Crippen molar-refractivity contribution in [1.29, 1.82) is 0 Å². The van der Waals surface area contributed by atoms with Crippen LogP contribution in [0.25, 0.3) is 0 Å². The Morgan fingerprint density at radius 1 is 1.45 bits per heavy atom. The quantitative estimate of drug-likeness (QED) is 0.518. The topological polar surface area (TPSA) is 20.3 Å². The summed E-state index contributed by atoms with van der Waals surface area (Å²) in [7, 11) is 2.14. The van der Waals surface area contributed by atoms with Crippen LogP contribution >= 0.6 is 0 Å². The van der Waals surface area contributed by atoms with E-state index in [1.165, 1.54) is 19.4 Å². The van der Waals surface area contributed by atoms with Gasteiger partial charge in [0.2, 0.25) is 0 Å². The predicted octanol–water partition coefficient (Wildman–Crippen LogP) is 1.06. The smallest absolute Gasteiger partial charge is 0.134 e. The molecule has 2 nitrogen and oxygen atoms in total. The van der Waals surface area contributed by atoms with E-state index in [0.29, 0.717) is 11.8 Å². The van der Waals surface area contributed by atoms with E-state index in [9.17, 15) is 4.79 Å². The van der Waals surface area contributed by atoms with E-state index in [1.807, 2.05) is 0 Å². The van der Waals surface area contributed by atoms with Crippen LogP contribution in [0, 0.1) is 5.92 Å². The van der Waals surface area contributed by atoms with E-state index in [2.05, 4.69) is 11.9 Å². The molecule has 0 aromatic rings. The summed E-state index contributed by atoms with van der Waals surface area (Å²) in [5, 5.41) is 0. The van der Waals surface area contributed by atoms with Crippen LogP contribution in [0.4, 0.5) is 0 Å². The van der Waals surface area contributed by atoms with Gasteiger partial charge in [-0.15, -0.1) is 0 Å². The zero-order valence-electron chi connectivity index (χ0n) is 7.05. The van der Waals surface area contributed by atoms with Gasteiger partial charge < -0.3 is 4.90 Å². The second kappa shape index (κ2) is 2.59. The maximum Gasteiger partial charge on any atom is 0.134 e. The van der Waals surface area contributed by atoms with Crippen molar-refractivity contribution >= 4 is 5.78 Å². The molecule has 0 spiro atoms. The van der Waals surface area contributed by atoms with Gasteiger partial charge in [0.1, 0.15) is 5.78 Å². The summed E-state index contributed by atoms with van der Waals surface area (Å²) in [5.74, 6) is 1.20. The highest BCUT2D eigenvalue weighted by molar-refractivity contribution is 5.80. The first-order valence-electron chi connectivity index (χ1n) is 4.47. The van der Waals surface area contributed by atoms with Crippen LogP contribution in [0.3, 0.4) is 0 Å². The number of ketones is 1. The van der Waals surface area contributed by atoms with Gasteiger partial charge in [-0.2, -0.15) is 0 Å². The first-order valence-corrected chi connectivity index (χ1v) is 4.47. The summed E-state index contributed by atoms with van der Waals surface area (Å²) in [6.45, 7) is 1.20. The number of carbonyl (C=O) groups is 1. The third kappa shape index (κ3) is 1.32. The first kappa shape index (κ1) is 7.29. The highest BCUT2D eigenvalue weighted by Gasteiger charge is 2.33. The van der Waals surface area contributed by atoms with Gasteiger partial charge in [0.05, 0.1) is 0 Å². The lowest BCUT2D eigenvalue weighted by atomic mass is 9.79. The Bertz CT molecular complexity index is 178. The molecule has 1 aliphatic heterocycles. The minimum atomic E-state index is 0.484. The SMILES string of the molecule is CN1CC[C@@H]2CC(=O)C[C@H]1C2. The molecule has 1 saturated heterocycles. The number of carbonyl (C=O) groups excluding carboxylic acids is 1. The fourth-order valence-corrected chi connectivity index (χ4v) is 2.34. The minimum Gasteiger partial charge on any atom is -0.303 e. The van der Waals surface area contributed by atoms with Gasteiger partial charge in [-0.3, -0.25) is 4.79 Å². The number of nitrogens with zero attached hydrogens (tertiary/aromatic N) is 1. The van der Waals surface area contributed by atoms with E-state index in [0.717, 1.165) is 18.8 Å². The molecular weight excluding hydrogens is 138 g/mol. The molecule has 0 amide bonds. The van der Waals surface area contributed by atoms with Crippen molar-refractivity contribution in [1.82, 2.24) is 4.90 Å². The predicted molar refractivity (Wildman–Crippen MR) is 43.4 cm³/mol.